The topological polar surface area (TPSA) is 99.6 Å². The van der Waals surface area contributed by atoms with Gasteiger partial charge in [0.1, 0.15) is 12.4 Å². The van der Waals surface area contributed by atoms with Gasteiger partial charge in [0.15, 0.2) is 5.82 Å². The van der Waals surface area contributed by atoms with Crippen LogP contribution in [-0.2, 0) is 12.8 Å². The summed E-state index contributed by atoms with van der Waals surface area (Å²) in [7, 11) is 0. The molecule has 0 saturated carbocycles. The molecule has 0 spiro atoms. The second-order valence-corrected chi connectivity index (χ2v) is 9.74. The van der Waals surface area contributed by atoms with Gasteiger partial charge in [-0.1, -0.05) is 42.5 Å². The van der Waals surface area contributed by atoms with E-state index in [4.69, 9.17) is 4.74 Å². The second kappa shape index (κ2) is 11.5. The summed E-state index contributed by atoms with van der Waals surface area (Å²) >= 11 is 3.24. The number of benzene rings is 4. The van der Waals surface area contributed by atoms with Gasteiger partial charge in [-0.15, -0.1) is 0 Å². The van der Waals surface area contributed by atoms with Gasteiger partial charge in [0, 0.05) is 22.8 Å². The van der Waals surface area contributed by atoms with Crippen molar-refractivity contribution >= 4 is 38.7 Å². The van der Waals surface area contributed by atoms with Crippen molar-refractivity contribution in [2.24, 2.45) is 5.10 Å². The molecule has 0 bridgehead atoms. The number of hydrogen-bond acceptors (Lipinski definition) is 6. The maximum Gasteiger partial charge on any atom is 0.416 e. The van der Waals surface area contributed by atoms with Crippen LogP contribution >= 0.6 is 15.9 Å². The number of hydrogen-bond donors (Lipinski definition) is 0. The summed E-state index contributed by atoms with van der Waals surface area (Å²) in [4.78, 5) is 28.9. The lowest BCUT2D eigenvalue weighted by molar-refractivity contribution is -0.386. The molecule has 42 heavy (non-hydrogen) atoms. The van der Waals surface area contributed by atoms with Gasteiger partial charge in [-0.2, -0.15) is 22.9 Å². The van der Waals surface area contributed by atoms with Gasteiger partial charge in [-0.3, -0.25) is 14.9 Å². The predicted molar refractivity (Wildman–Crippen MR) is 151 cm³/mol. The van der Waals surface area contributed by atoms with E-state index in [1.807, 2.05) is 0 Å². The lowest BCUT2D eigenvalue weighted by atomic mass is 10.1. The average molecular weight is 641 g/mol. The summed E-state index contributed by atoms with van der Waals surface area (Å²) in [6, 6.07) is 18.9. The van der Waals surface area contributed by atoms with Crippen LogP contribution in [0.2, 0.25) is 0 Å². The highest BCUT2D eigenvalue weighted by Crippen LogP contribution is 2.37. The molecule has 0 aliphatic carbocycles. The third-order valence-electron chi connectivity index (χ3n) is 6.10. The van der Waals surface area contributed by atoms with Crippen LogP contribution in [0.4, 0.5) is 23.2 Å². The van der Waals surface area contributed by atoms with Crippen LogP contribution in [0.5, 0.6) is 5.75 Å². The Morgan fingerprint density at radius 2 is 1.76 bits per heavy atom. The maximum absolute atomic E-state index is 14.0. The third kappa shape index (κ3) is 5.91. The molecule has 0 saturated heterocycles. The first-order valence-electron chi connectivity index (χ1n) is 12.1. The minimum absolute atomic E-state index is 0.0196. The highest BCUT2D eigenvalue weighted by Gasteiger charge is 2.31. The van der Waals surface area contributed by atoms with Gasteiger partial charge in [0.2, 0.25) is 5.75 Å². The highest BCUT2D eigenvalue weighted by molar-refractivity contribution is 9.10. The number of rotatable bonds is 7. The minimum atomic E-state index is -4.64. The zero-order valence-electron chi connectivity index (χ0n) is 21.2. The summed E-state index contributed by atoms with van der Waals surface area (Å²) < 4.78 is 60.8. The van der Waals surface area contributed by atoms with Crippen LogP contribution in [0.1, 0.15) is 16.7 Å². The van der Waals surface area contributed by atoms with Gasteiger partial charge in [-0.05, 0) is 52.3 Å². The molecule has 0 atom stereocenters. The summed E-state index contributed by atoms with van der Waals surface area (Å²) in [6.07, 6.45) is -3.50. The fourth-order valence-electron chi connectivity index (χ4n) is 4.09. The van der Waals surface area contributed by atoms with E-state index < -0.39 is 33.7 Å². The normalized spacial score (nSPS) is 11.7. The van der Waals surface area contributed by atoms with Crippen molar-refractivity contribution in [2.75, 3.05) is 0 Å². The zero-order chi connectivity index (χ0) is 30.0. The first-order chi connectivity index (χ1) is 20.0. The van der Waals surface area contributed by atoms with Gasteiger partial charge in [-0.25, -0.2) is 9.37 Å². The SMILES string of the molecule is O=c1c2ccccc2nc(-c2cccc(C(F)(F)F)c2)n1N=Cc1cc(Br)c(OCc2ccccc2F)c([N+](=O)[O-])c1. The smallest absolute Gasteiger partial charge is 0.416 e. The van der Waals surface area contributed by atoms with Crippen molar-refractivity contribution < 1.29 is 27.2 Å². The molecule has 0 unspecified atom stereocenters. The van der Waals surface area contributed by atoms with Crippen LogP contribution < -0.4 is 10.3 Å². The monoisotopic (exact) mass is 640 g/mol. The van der Waals surface area contributed by atoms with Crippen LogP contribution in [0, 0.1) is 15.9 Å². The summed E-state index contributed by atoms with van der Waals surface area (Å²) in [6.45, 7) is -0.280. The quantitative estimate of drug-likeness (QED) is 0.0801. The molecule has 1 aromatic heterocycles. The molecule has 0 aliphatic heterocycles. The Balaban J connectivity index is 1.58. The Kier molecular flexibility index (Phi) is 7.85. The fraction of sp³-hybridized carbons (Fsp3) is 0.0690. The van der Waals surface area contributed by atoms with Crippen LogP contribution in [0.3, 0.4) is 0 Å². The number of fused-ring (bicyclic) bond motifs is 1. The van der Waals surface area contributed by atoms with E-state index in [9.17, 15) is 32.5 Å². The van der Waals surface area contributed by atoms with E-state index in [1.54, 1.807) is 24.3 Å². The number of alkyl halides is 3. The Hall–Kier alpha value is -4.91. The molecule has 5 rings (SSSR count). The minimum Gasteiger partial charge on any atom is -0.481 e. The van der Waals surface area contributed by atoms with Crippen molar-refractivity contribution in [3.05, 3.63) is 132 Å². The van der Waals surface area contributed by atoms with Crippen molar-refractivity contribution in [3.8, 4) is 17.1 Å². The largest absolute Gasteiger partial charge is 0.481 e. The lowest BCUT2D eigenvalue weighted by Gasteiger charge is -2.12. The number of para-hydroxylation sites is 1. The molecule has 212 valence electrons. The molecular formula is C29H17BrF4N4O4. The van der Waals surface area contributed by atoms with Crippen molar-refractivity contribution in [1.82, 2.24) is 9.66 Å². The molecule has 4 aromatic carbocycles. The van der Waals surface area contributed by atoms with Crippen LogP contribution in [0.25, 0.3) is 22.3 Å². The molecule has 5 aromatic rings. The fourth-order valence-corrected chi connectivity index (χ4v) is 4.68. The highest BCUT2D eigenvalue weighted by atomic mass is 79.9. The van der Waals surface area contributed by atoms with E-state index in [1.165, 1.54) is 42.5 Å². The Bertz CT molecular complexity index is 1930. The summed E-state index contributed by atoms with van der Waals surface area (Å²) in [5.41, 5.74) is -1.50. The van der Waals surface area contributed by atoms with Gasteiger partial charge < -0.3 is 4.74 Å². The maximum atomic E-state index is 14.0. The van der Waals surface area contributed by atoms with E-state index in [0.29, 0.717) is 0 Å². The number of halogens is 5. The van der Waals surface area contributed by atoms with Gasteiger partial charge in [0.05, 0.1) is 32.1 Å². The molecule has 0 fully saturated rings. The number of nitrogens with zero attached hydrogens (tertiary/aromatic N) is 4. The second-order valence-electron chi connectivity index (χ2n) is 8.88. The van der Waals surface area contributed by atoms with Crippen molar-refractivity contribution in [3.63, 3.8) is 0 Å². The zero-order valence-corrected chi connectivity index (χ0v) is 22.8. The number of ether oxygens (including phenoxy) is 1. The molecule has 0 aliphatic rings. The van der Waals surface area contributed by atoms with Crippen LogP contribution in [0.15, 0.2) is 99.3 Å². The molecule has 0 radical (unpaired) electrons. The average Bonchev–Trinajstić information content (AvgIpc) is 2.96. The summed E-state index contributed by atoms with van der Waals surface area (Å²) in [5, 5.41) is 16.2. The molecule has 1 heterocycles. The van der Waals surface area contributed by atoms with Crippen molar-refractivity contribution in [2.45, 2.75) is 12.8 Å². The molecule has 0 amide bonds. The van der Waals surface area contributed by atoms with E-state index in [2.05, 4.69) is 26.0 Å². The molecule has 13 heteroatoms. The molecule has 8 nitrogen and oxygen atoms in total. The standard InChI is InChI=1S/C29H17BrF4N4O4/c30-22-12-17(13-25(38(40)41)26(22)42-16-19-6-1-3-10-23(19)31)15-35-37-27(18-7-5-8-20(14-18)29(32,33)34)36-24-11-4-2-9-21(24)28(37)39/h1-15H,16H2. The predicted octanol–water partition coefficient (Wildman–Crippen LogP) is 7.35. The molecular weight excluding hydrogens is 624 g/mol. The Morgan fingerprint density at radius 1 is 1.02 bits per heavy atom. The third-order valence-corrected chi connectivity index (χ3v) is 6.69. The first-order valence-corrected chi connectivity index (χ1v) is 12.9. The van der Waals surface area contributed by atoms with Gasteiger partial charge in [0.25, 0.3) is 5.56 Å². The molecule has 0 N–H and O–H groups in total. The number of nitro benzene ring substituents is 1. The Labute approximate surface area is 242 Å². The van der Waals surface area contributed by atoms with E-state index in [-0.39, 0.29) is 50.2 Å². The first kappa shape index (κ1) is 28.6. The number of aromatic nitrogens is 2. The summed E-state index contributed by atoms with van der Waals surface area (Å²) in [5.74, 6) is -0.861. The lowest BCUT2D eigenvalue weighted by Crippen LogP contribution is -2.20. The number of nitro groups is 1. The van der Waals surface area contributed by atoms with E-state index >= 15 is 0 Å². The van der Waals surface area contributed by atoms with Crippen molar-refractivity contribution in [1.29, 1.82) is 0 Å². The Morgan fingerprint density at radius 3 is 2.50 bits per heavy atom. The van der Waals surface area contributed by atoms with Gasteiger partial charge >= 0.3 is 11.9 Å². The van der Waals surface area contributed by atoms with Crippen LogP contribution in [-0.4, -0.2) is 20.8 Å². The van der Waals surface area contributed by atoms with E-state index in [0.717, 1.165) is 29.1 Å².